The van der Waals surface area contributed by atoms with E-state index in [1.54, 1.807) is 44.2 Å². The van der Waals surface area contributed by atoms with Crippen LogP contribution >= 0.6 is 11.3 Å². The molecule has 0 aliphatic carbocycles. The third-order valence-electron chi connectivity index (χ3n) is 3.94. The number of aryl methyl sites for hydroxylation is 1. The number of rotatable bonds is 4. The van der Waals surface area contributed by atoms with E-state index in [9.17, 15) is 14.0 Å². The number of benzene rings is 2. The van der Waals surface area contributed by atoms with E-state index in [4.69, 9.17) is 5.73 Å². The predicted molar refractivity (Wildman–Crippen MR) is 99.9 cm³/mol. The number of hydrogen-bond donors (Lipinski definition) is 2. The number of carbonyl (C=O) groups excluding carboxylic acids is 2. The zero-order valence-corrected chi connectivity index (χ0v) is 15.0. The van der Waals surface area contributed by atoms with Crippen molar-refractivity contribution in [2.24, 2.45) is 5.73 Å². The van der Waals surface area contributed by atoms with E-state index in [-0.39, 0.29) is 11.7 Å². The number of amides is 2. The average Bonchev–Trinajstić information content (AvgIpc) is 2.99. The maximum Gasteiger partial charge on any atom is 0.267 e. The molecule has 0 saturated heterocycles. The summed E-state index contributed by atoms with van der Waals surface area (Å²) in [5.41, 5.74) is 8.14. The third-order valence-corrected chi connectivity index (χ3v) is 5.15. The lowest BCUT2D eigenvalue weighted by Crippen LogP contribution is -2.16. The maximum absolute atomic E-state index is 13.1. The molecule has 1 aromatic heterocycles. The Labute approximate surface area is 153 Å². The van der Waals surface area contributed by atoms with Crippen molar-refractivity contribution in [2.75, 3.05) is 5.32 Å². The lowest BCUT2D eigenvalue weighted by molar-refractivity contribution is 0.0996. The summed E-state index contributed by atoms with van der Waals surface area (Å²) in [4.78, 5) is 28.9. The number of thiazole rings is 1. The number of nitrogens with two attached hydrogens (primary N) is 1. The Balaban J connectivity index is 1.88. The van der Waals surface area contributed by atoms with E-state index in [0.29, 0.717) is 32.4 Å². The Bertz CT molecular complexity index is 997. The van der Waals surface area contributed by atoms with Crippen LogP contribution < -0.4 is 11.1 Å². The molecule has 2 amide bonds. The Hall–Kier alpha value is -3.06. The monoisotopic (exact) mass is 369 g/mol. The molecule has 3 N–H and O–H groups in total. The van der Waals surface area contributed by atoms with Gasteiger partial charge < -0.3 is 11.1 Å². The highest BCUT2D eigenvalue weighted by atomic mass is 32.1. The predicted octanol–water partition coefficient (Wildman–Crippen LogP) is 3.92. The van der Waals surface area contributed by atoms with Gasteiger partial charge in [0.2, 0.25) is 5.91 Å². The minimum absolute atomic E-state index is 0.321. The fourth-order valence-electron chi connectivity index (χ4n) is 2.54. The van der Waals surface area contributed by atoms with Crippen molar-refractivity contribution in [3.05, 3.63) is 70.0 Å². The molecule has 0 aliphatic heterocycles. The Morgan fingerprint density at radius 3 is 2.46 bits per heavy atom. The first kappa shape index (κ1) is 17.8. The lowest BCUT2D eigenvalue weighted by Gasteiger charge is -2.10. The number of carbonyl (C=O) groups is 2. The normalized spacial score (nSPS) is 10.6. The lowest BCUT2D eigenvalue weighted by atomic mass is 10.1. The van der Waals surface area contributed by atoms with Gasteiger partial charge in [-0.25, -0.2) is 9.37 Å². The molecule has 0 atom stereocenters. The molecule has 132 valence electrons. The van der Waals surface area contributed by atoms with E-state index in [1.165, 1.54) is 23.5 Å². The van der Waals surface area contributed by atoms with Crippen LogP contribution in [0.2, 0.25) is 0 Å². The highest BCUT2D eigenvalue weighted by Crippen LogP contribution is 2.29. The Morgan fingerprint density at radius 2 is 1.81 bits per heavy atom. The molecular formula is C19H16FN3O2S. The summed E-state index contributed by atoms with van der Waals surface area (Å²) in [5.74, 6) is -1.20. The van der Waals surface area contributed by atoms with Gasteiger partial charge in [0.05, 0.1) is 5.69 Å². The van der Waals surface area contributed by atoms with Gasteiger partial charge in [-0.2, -0.15) is 0 Å². The minimum atomic E-state index is -0.550. The first-order valence-electron chi connectivity index (χ1n) is 7.81. The second-order valence-electron chi connectivity index (χ2n) is 5.74. The highest BCUT2D eigenvalue weighted by Gasteiger charge is 2.18. The molecule has 2 aromatic carbocycles. The molecule has 0 radical (unpaired) electrons. The number of halogens is 1. The van der Waals surface area contributed by atoms with Crippen molar-refractivity contribution in [3.63, 3.8) is 0 Å². The van der Waals surface area contributed by atoms with E-state index < -0.39 is 5.91 Å². The summed E-state index contributed by atoms with van der Waals surface area (Å²) in [5, 5.41) is 3.43. The van der Waals surface area contributed by atoms with Gasteiger partial charge in [0.1, 0.15) is 15.7 Å². The summed E-state index contributed by atoms with van der Waals surface area (Å²) in [6, 6.07) is 10.9. The average molecular weight is 369 g/mol. The van der Waals surface area contributed by atoms with Crippen molar-refractivity contribution < 1.29 is 14.0 Å². The van der Waals surface area contributed by atoms with Gasteiger partial charge in [-0.05, 0) is 55.8 Å². The van der Waals surface area contributed by atoms with E-state index in [2.05, 4.69) is 10.3 Å². The molecule has 0 saturated carbocycles. The third kappa shape index (κ3) is 3.48. The van der Waals surface area contributed by atoms with Gasteiger partial charge >= 0.3 is 0 Å². The molecule has 0 bridgehead atoms. The number of anilines is 1. The molecule has 3 aromatic rings. The summed E-state index contributed by atoms with van der Waals surface area (Å²) in [7, 11) is 0. The van der Waals surface area contributed by atoms with E-state index in [0.717, 1.165) is 5.56 Å². The zero-order valence-electron chi connectivity index (χ0n) is 14.2. The fourth-order valence-corrected chi connectivity index (χ4v) is 3.51. The molecule has 26 heavy (non-hydrogen) atoms. The quantitative estimate of drug-likeness (QED) is 0.731. The van der Waals surface area contributed by atoms with Crippen LogP contribution in [0, 0.1) is 19.7 Å². The van der Waals surface area contributed by atoms with Gasteiger partial charge in [0.25, 0.3) is 5.91 Å². The fraction of sp³-hybridized carbons (Fsp3) is 0.105. The molecule has 0 fully saturated rings. The molecular weight excluding hydrogens is 353 g/mol. The van der Waals surface area contributed by atoms with E-state index >= 15 is 0 Å². The molecule has 3 rings (SSSR count). The van der Waals surface area contributed by atoms with Gasteiger partial charge in [-0.1, -0.05) is 6.07 Å². The van der Waals surface area contributed by atoms with Gasteiger partial charge in [0.15, 0.2) is 0 Å². The Morgan fingerprint density at radius 1 is 1.12 bits per heavy atom. The second-order valence-corrected chi connectivity index (χ2v) is 6.74. The largest absolute Gasteiger partial charge is 0.366 e. The first-order chi connectivity index (χ1) is 12.4. The number of primary amides is 1. The molecule has 0 spiro atoms. The summed E-state index contributed by atoms with van der Waals surface area (Å²) in [6.07, 6.45) is 0. The minimum Gasteiger partial charge on any atom is -0.366 e. The Kier molecular flexibility index (Phi) is 4.81. The van der Waals surface area contributed by atoms with Crippen LogP contribution in [0.1, 0.15) is 31.3 Å². The van der Waals surface area contributed by atoms with Crippen molar-refractivity contribution >= 4 is 28.8 Å². The summed E-state index contributed by atoms with van der Waals surface area (Å²) >= 11 is 1.22. The second kappa shape index (κ2) is 7.05. The van der Waals surface area contributed by atoms with Crippen LogP contribution in [0.25, 0.3) is 10.6 Å². The van der Waals surface area contributed by atoms with Crippen LogP contribution in [0.5, 0.6) is 0 Å². The molecule has 5 nitrogen and oxygen atoms in total. The van der Waals surface area contributed by atoms with E-state index in [1.807, 2.05) is 0 Å². The SMILES string of the molecule is Cc1nc(-c2ccc(F)cc2)sc1C(=O)Nc1cccc(C(N)=O)c1C. The topological polar surface area (TPSA) is 85.1 Å². The van der Waals surface area contributed by atoms with Crippen molar-refractivity contribution in [3.8, 4) is 10.6 Å². The maximum atomic E-state index is 13.1. The summed E-state index contributed by atoms with van der Waals surface area (Å²) in [6.45, 7) is 3.46. The molecule has 1 heterocycles. The number of aromatic nitrogens is 1. The number of nitrogens with zero attached hydrogens (tertiary/aromatic N) is 1. The van der Waals surface area contributed by atoms with Gasteiger partial charge in [-0.15, -0.1) is 11.3 Å². The smallest absolute Gasteiger partial charge is 0.267 e. The van der Waals surface area contributed by atoms with Gasteiger partial charge in [-0.3, -0.25) is 9.59 Å². The number of hydrogen-bond acceptors (Lipinski definition) is 4. The number of nitrogens with one attached hydrogen (secondary N) is 1. The first-order valence-corrected chi connectivity index (χ1v) is 8.62. The van der Waals surface area contributed by atoms with Crippen LogP contribution in [0.3, 0.4) is 0 Å². The van der Waals surface area contributed by atoms with Crippen molar-refractivity contribution in [1.82, 2.24) is 4.98 Å². The molecule has 0 unspecified atom stereocenters. The van der Waals surface area contributed by atoms with Gasteiger partial charge in [0, 0.05) is 16.8 Å². The van der Waals surface area contributed by atoms with Crippen LogP contribution in [-0.2, 0) is 0 Å². The molecule has 0 aliphatic rings. The zero-order chi connectivity index (χ0) is 18.8. The highest BCUT2D eigenvalue weighted by molar-refractivity contribution is 7.17. The van der Waals surface area contributed by atoms with Crippen molar-refractivity contribution in [1.29, 1.82) is 0 Å². The van der Waals surface area contributed by atoms with Crippen LogP contribution in [-0.4, -0.2) is 16.8 Å². The van der Waals surface area contributed by atoms with Crippen molar-refractivity contribution in [2.45, 2.75) is 13.8 Å². The summed E-state index contributed by atoms with van der Waals surface area (Å²) < 4.78 is 13.1. The van der Waals surface area contributed by atoms with Crippen LogP contribution in [0.15, 0.2) is 42.5 Å². The standard InChI is InChI=1S/C19H16FN3O2S/c1-10-14(17(21)24)4-3-5-15(10)23-18(25)16-11(2)22-19(26-16)12-6-8-13(20)9-7-12/h3-9H,1-2H3,(H2,21,24)(H,23,25). The van der Waals surface area contributed by atoms with Crippen LogP contribution in [0.4, 0.5) is 10.1 Å². The molecule has 7 heteroatoms.